The van der Waals surface area contributed by atoms with Gasteiger partial charge in [-0.1, -0.05) is 12.1 Å². The van der Waals surface area contributed by atoms with Gasteiger partial charge in [0, 0.05) is 0 Å². The average molecular weight is 196 g/mol. The number of rotatable bonds is 2. The highest BCUT2D eigenvalue weighted by Crippen LogP contribution is 2.23. The highest BCUT2D eigenvalue weighted by Gasteiger charge is 2.14. The smallest absolute Gasteiger partial charge is 0.336 e. The second kappa shape index (κ2) is 3.25. The van der Waals surface area contributed by atoms with Gasteiger partial charge in [0.25, 0.3) is 0 Å². The highest BCUT2D eigenvalue weighted by atomic mass is 16.4. The summed E-state index contributed by atoms with van der Waals surface area (Å²) < 4.78 is 0. The van der Waals surface area contributed by atoms with E-state index in [9.17, 15) is 19.8 Å². The van der Waals surface area contributed by atoms with Crippen LogP contribution in [0.3, 0.4) is 0 Å². The topological polar surface area (TPSA) is 121 Å². The molecule has 0 heterocycles. The molecule has 0 bridgehead atoms. The molecule has 0 saturated carbocycles. The Balaban J connectivity index is 3.46. The van der Waals surface area contributed by atoms with E-state index in [1.165, 1.54) is 0 Å². The van der Waals surface area contributed by atoms with E-state index in [2.05, 4.69) is 0 Å². The molecule has 0 fully saturated rings. The molecular weight excluding hydrogens is 192 g/mol. The van der Waals surface area contributed by atoms with Crippen molar-refractivity contribution in [2.45, 2.75) is 0 Å². The van der Waals surface area contributed by atoms with E-state index in [-0.39, 0.29) is 0 Å². The number of carbonyl (C=O) groups is 2. The monoisotopic (exact) mass is 196 g/mol. The first-order valence-corrected chi connectivity index (χ1v) is 3.42. The Morgan fingerprint density at radius 1 is 0.929 bits per heavy atom. The van der Waals surface area contributed by atoms with Gasteiger partial charge in [-0.15, -0.1) is 11.5 Å². The van der Waals surface area contributed by atoms with Crippen molar-refractivity contribution in [1.29, 1.82) is 0 Å². The van der Waals surface area contributed by atoms with Crippen LogP contribution < -0.4 is 10.2 Å². The van der Waals surface area contributed by atoms with E-state index in [0.29, 0.717) is 12.1 Å². The van der Waals surface area contributed by atoms with Crippen LogP contribution in [-0.4, -0.2) is 22.2 Å². The average Bonchev–Trinajstić information content (AvgIpc) is 2.08. The van der Waals surface area contributed by atoms with E-state index in [4.69, 9.17) is 10.2 Å². The lowest BCUT2D eigenvalue weighted by atomic mass is 10.1. The van der Waals surface area contributed by atoms with Crippen LogP contribution in [0.25, 0.3) is 0 Å². The fraction of sp³-hybridized carbons (Fsp3) is 0. The van der Waals surface area contributed by atoms with Gasteiger partial charge in [-0.2, -0.15) is 0 Å². The lowest BCUT2D eigenvalue weighted by Gasteiger charge is -2.19. The third-order valence-corrected chi connectivity index (χ3v) is 1.54. The molecule has 0 aromatic heterocycles. The van der Waals surface area contributed by atoms with Gasteiger partial charge in [0.05, 0.1) is 11.1 Å². The van der Waals surface area contributed by atoms with Crippen molar-refractivity contribution < 1.29 is 30.0 Å². The zero-order chi connectivity index (χ0) is 10.9. The Labute approximate surface area is 77.7 Å². The molecule has 0 spiro atoms. The van der Waals surface area contributed by atoms with Crippen LogP contribution in [0.1, 0.15) is 20.7 Å². The standard InChI is InChI=1S/C8H6O6/c9-5-1-3(7(11)12)4(8(13)14)2-6(5)10/h1-2,9-10H,(H,11,12)(H,13,14)/p-2. The number of carboxylic acids is 2. The lowest BCUT2D eigenvalue weighted by molar-refractivity contribution is -0.317. The van der Waals surface area contributed by atoms with Crippen LogP contribution in [0, 0.1) is 0 Å². The minimum Gasteiger partial charge on any atom is -0.873 e. The Kier molecular flexibility index (Phi) is 2.29. The first-order valence-electron chi connectivity index (χ1n) is 3.42. The predicted molar refractivity (Wildman–Crippen MR) is 39.3 cm³/mol. The normalized spacial score (nSPS) is 9.71. The highest BCUT2D eigenvalue weighted by molar-refractivity contribution is 6.02. The molecular formula is C8H4O6-2. The van der Waals surface area contributed by atoms with Gasteiger partial charge in [-0.05, 0) is 0 Å². The SMILES string of the molecule is O=C(O)c1cc([O-])c([O-])cc1C(=O)O. The fourth-order valence-corrected chi connectivity index (χ4v) is 0.914. The molecule has 1 aromatic rings. The van der Waals surface area contributed by atoms with Gasteiger partial charge in [0.15, 0.2) is 0 Å². The number of aromatic carboxylic acids is 2. The van der Waals surface area contributed by atoms with Gasteiger partial charge in [-0.3, -0.25) is 0 Å². The Morgan fingerprint density at radius 3 is 1.43 bits per heavy atom. The molecule has 0 atom stereocenters. The van der Waals surface area contributed by atoms with E-state index >= 15 is 0 Å². The molecule has 1 rings (SSSR count). The van der Waals surface area contributed by atoms with Crippen LogP contribution in [0.2, 0.25) is 0 Å². The summed E-state index contributed by atoms with van der Waals surface area (Å²) >= 11 is 0. The number of benzene rings is 1. The molecule has 0 aliphatic carbocycles. The molecule has 0 unspecified atom stereocenters. The molecule has 0 saturated heterocycles. The minimum absolute atomic E-state index is 0.508. The molecule has 0 aliphatic heterocycles. The van der Waals surface area contributed by atoms with Crippen molar-refractivity contribution in [1.82, 2.24) is 0 Å². The van der Waals surface area contributed by atoms with Crippen molar-refractivity contribution >= 4 is 11.9 Å². The van der Waals surface area contributed by atoms with Gasteiger partial charge < -0.3 is 20.4 Å². The summed E-state index contributed by atoms with van der Waals surface area (Å²) in [4.78, 5) is 21.0. The Morgan fingerprint density at radius 2 is 1.21 bits per heavy atom. The van der Waals surface area contributed by atoms with Crippen LogP contribution in [0.15, 0.2) is 12.1 Å². The van der Waals surface area contributed by atoms with Gasteiger partial charge in [0.2, 0.25) is 0 Å². The van der Waals surface area contributed by atoms with Crippen LogP contribution in [-0.2, 0) is 0 Å². The molecule has 2 N–H and O–H groups in total. The van der Waals surface area contributed by atoms with Gasteiger partial charge in [-0.25, -0.2) is 9.59 Å². The summed E-state index contributed by atoms with van der Waals surface area (Å²) in [6.45, 7) is 0. The zero-order valence-corrected chi connectivity index (χ0v) is 6.68. The molecule has 6 nitrogen and oxygen atoms in total. The first-order chi connectivity index (χ1) is 6.43. The summed E-state index contributed by atoms with van der Waals surface area (Å²) in [6, 6.07) is 1.02. The Hall–Kier alpha value is -2.24. The second-order valence-electron chi connectivity index (χ2n) is 2.45. The van der Waals surface area contributed by atoms with Crippen LogP contribution in [0.4, 0.5) is 0 Å². The quantitative estimate of drug-likeness (QED) is 0.640. The Bertz CT molecular complexity index is 370. The summed E-state index contributed by atoms with van der Waals surface area (Å²) in [5, 5.41) is 38.6. The van der Waals surface area contributed by atoms with Crippen molar-refractivity contribution in [2.75, 3.05) is 0 Å². The minimum atomic E-state index is -1.56. The fourth-order valence-electron chi connectivity index (χ4n) is 0.914. The number of hydrogen-bond acceptors (Lipinski definition) is 4. The van der Waals surface area contributed by atoms with E-state index in [1.807, 2.05) is 0 Å². The summed E-state index contributed by atoms with van der Waals surface area (Å²) in [7, 11) is 0. The third kappa shape index (κ3) is 1.58. The maximum absolute atomic E-state index is 10.8. The van der Waals surface area contributed by atoms with E-state index in [1.54, 1.807) is 0 Å². The zero-order valence-electron chi connectivity index (χ0n) is 6.68. The van der Waals surface area contributed by atoms with Crippen molar-refractivity contribution in [2.24, 2.45) is 0 Å². The molecule has 14 heavy (non-hydrogen) atoms. The van der Waals surface area contributed by atoms with Crippen molar-refractivity contribution in [3.8, 4) is 11.5 Å². The number of hydrogen-bond donors (Lipinski definition) is 2. The van der Waals surface area contributed by atoms with Crippen LogP contribution in [0.5, 0.6) is 11.5 Å². The van der Waals surface area contributed by atoms with E-state index < -0.39 is 34.6 Å². The summed E-state index contributed by atoms with van der Waals surface area (Å²) in [6.07, 6.45) is 0. The predicted octanol–water partition coefficient (Wildman–Crippen LogP) is -0.770. The maximum atomic E-state index is 10.8. The summed E-state index contributed by atoms with van der Waals surface area (Å²) in [5.74, 6) is -5.18. The molecule has 74 valence electrons. The molecule has 6 heteroatoms. The number of carboxylic acid groups (broad SMARTS) is 2. The van der Waals surface area contributed by atoms with Crippen LogP contribution >= 0.6 is 0 Å². The van der Waals surface area contributed by atoms with Crippen molar-refractivity contribution in [3.05, 3.63) is 23.3 Å². The lowest BCUT2D eigenvalue weighted by Crippen LogP contribution is -2.11. The molecule has 0 radical (unpaired) electrons. The maximum Gasteiger partial charge on any atom is 0.336 e. The molecule has 0 aliphatic rings. The first kappa shape index (κ1) is 9.85. The van der Waals surface area contributed by atoms with E-state index in [0.717, 1.165) is 0 Å². The van der Waals surface area contributed by atoms with Gasteiger partial charge in [0.1, 0.15) is 0 Å². The summed E-state index contributed by atoms with van der Waals surface area (Å²) in [5.41, 5.74) is -1.36. The molecule has 0 amide bonds. The molecule has 1 aromatic carbocycles. The third-order valence-electron chi connectivity index (χ3n) is 1.54. The largest absolute Gasteiger partial charge is 0.873 e. The van der Waals surface area contributed by atoms with Gasteiger partial charge >= 0.3 is 11.9 Å². The second-order valence-corrected chi connectivity index (χ2v) is 2.45. The van der Waals surface area contributed by atoms with Crippen molar-refractivity contribution in [3.63, 3.8) is 0 Å².